The fourth-order valence-corrected chi connectivity index (χ4v) is 2.23. The molecule has 1 aliphatic heterocycles. The van der Waals surface area contributed by atoms with E-state index in [1.54, 1.807) is 20.0 Å². The minimum absolute atomic E-state index is 0.117. The van der Waals surface area contributed by atoms with Gasteiger partial charge < -0.3 is 5.32 Å². The summed E-state index contributed by atoms with van der Waals surface area (Å²) in [7, 11) is 0. The van der Waals surface area contributed by atoms with E-state index in [1.165, 1.54) is 4.90 Å². The normalized spacial score (nSPS) is 17.9. The number of nitrogens with zero attached hydrogens (tertiary/aromatic N) is 2. The highest BCUT2D eigenvalue weighted by Gasteiger charge is 2.44. The van der Waals surface area contributed by atoms with Crippen molar-refractivity contribution in [3.05, 3.63) is 24.0 Å². The van der Waals surface area contributed by atoms with Crippen LogP contribution in [0.4, 0.5) is 5.69 Å². The number of pyridine rings is 1. The van der Waals surface area contributed by atoms with Crippen molar-refractivity contribution in [2.45, 2.75) is 33.7 Å². The van der Waals surface area contributed by atoms with E-state index in [-0.39, 0.29) is 24.8 Å². The second kappa shape index (κ2) is 4.99. The third-order valence-corrected chi connectivity index (χ3v) is 3.24. The van der Waals surface area contributed by atoms with E-state index in [0.717, 1.165) is 17.9 Å². The molecule has 0 atom stereocenters. The van der Waals surface area contributed by atoms with Gasteiger partial charge in [-0.3, -0.25) is 19.5 Å². The van der Waals surface area contributed by atoms with Crippen LogP contribution >= 0.6 is 0 Å². The number of amides is 2. The lowest BCUT2D eigenvalue weighted by Crippen LogP contribution is -2.32. The van der Waals surface area contributed by atoms with Crippen LogP contribution in [0.5, 0.6) is 0 Å². The van der Waals surface area contributed by atoms with Crippen LogP contribution in [0.1, 0.15) is 32.9 Å². The molecule has 0 unspecified atom stereocenters. The molecule has 1 fully saturated rings. The highest BCUT2D eigenvalue weighted by Crippen LogP contribution is 2.32. The summed E-state index contributed by atoms with van der Waals surface area (Å²) in [4.78, 5) is 29.5. The summed E-state index contributed by atoms with van der Waals surface area (Å²) in [5.74, 6) is -0.237. The van der Waals surface area contributed by atoms with Crippen molar-refractivity contribution in [3.8, 4) is 0 Å². The molecule has 0 radical (unpaired) electrons. The van der Waals surface area contributed by atoms with Gasteiger partial charge in [0.05, 0.1) is 17.7 Å². The molecule has 0 saturated carbocycles. The summed E-state index contributed by atoms with van der Waals surface area (Å²) in [6, 6.07) is 3.74. The number of nitrogens with one attached hydrogen (secondary N) is 1. The van der Waals surface area contributed by atoms with Crippen molar-refractivity contribution in [2.75, 3.05) is 11.9 Å². The molecule has 2 amide bonds. The number of hydrogen-bond acceptors (Lipinski definition) is 4. The summed E-state index contributed by atoms with van der Waals surface area (Å²) >= 11 is 0. The van der Waals surface area contributed by atoms with E-state index in [0.29, 0.717) is 0 Å². The second-order valence-corrected chi connectivity index (χ2v) is 5.41. The third-order valence-electron chi connectivity index (χ3n) is 3.24. The van der Waals surface area contributed by atoms with Crippen molar-refractivity contribution in [3.63, 3.8) is 0 Å². The summed E-state index contributed by atoms with van der Waals surface area (Å²) in [5, 5.41) is 3.18. The fraction of sp³-hybridized carbons (Fsp3) is 0.500. The van der Waals surface area contributed by atoms with Gasteiger partial charge in [0.1, 0.15) is 0 Å². The minimum atomic E-state index is -0.587. The lowest BCUT2D eigenvalue weighted by Gasteiger charge is -2.17. The quantitative estimate of drug-likeness (QED) is 0.839. The average molecular weight is 261 g/mol. The van der Waals surface area contributed by atoms with Gasteiger partial charge in [-0.25, -0.2) is 0 Å². The van der Waals surface area contributed by atoms with Gasteiger partial charge >= 0.3 is 0 Å². The van der Waals surface area contributed by atoms with Crippen LogP contribution in [0, 0.1) is 5.41 Å². The Morgan fingerprint density at radius 2 is 2.16 bits per heavy atom. The van der Waals surface area contributed by atoms with Gasteiger partial charge in [-0.05, 0) is 19.1 Å². The predicted octanol–water partition coefficient (Wildman–Crippen LogP) is 1.80. The Morgan fingerprint density at radius 3 is 2.74 bits per heavy atom. The maximum Gasteiger partial charge on any atom is 0.235 e. The van der Waals surface area contributed by atoms with Crippen molar-refractivity contribution >= 4 is 17.5 Å². The molecule has 2 heterocycles. The zero-order valence-electron chi connectivity index (χ0n) is 11.6. The molecule has 0 bridgehead atoms. The van der Waals surface area contributed by atoms with Gasteiger partial charge in [0.15, 0.2) is 0 Å². The smallest absolute Gasteiger partial charge is 0.235 e. The van der Waals surface area contributed by atoms with Gasteiger partial charge in [-0.2, -0.15) is 0 Å². The van der Waals surface area contributed by atoms with E-state index >= 15 is 0 Å². The van der Waals surface area contributed by atoms with Gasteiger partial charge in [-0.1, -0.05) is 13.8 Å². The number of imide groups is 1. The van der Waals surface area contributed by atoms with Crippen LogP contribution in [0.25, 0.3) is 0 Å². The molecule has 0 aromatic carbocycles. The third kappa shape index (κ3) is 2.75. The Morgan fingerprint density at radius 1 is 1.42 bits per heavy atom. The molecule has 5 nitrogen and oxygen atoms in total. The number of anilines is 1. The number of aromatic nitrogens is 1. The highest BCUT2D eigenvalue weighted by atomic mass is 16.2. The molecule has 2 rings (SSSR count). The molecule has 1 N–H and O–H groups in total. The molecule has 1 saturated heterocycles. The van der Waals surface area contributed by atoms with Crippen molar-refractivity contribution in [1.82, 2.24) is 9.88 Å². The summed E-state index contributed by atoms with van der Waals surface area (Å²) in [6.07, 6.45) is 1.96. The largest absolute Gasteiger partial charge is 0.385 e. The van der Waals surface area contributed by atoms with E-state index in [1.807, 2.05) is 19.1 Å². The van der Waals surface area contributed by atoms with E-state index in [2.05, 4.69) is 10.3 Å². The Kier molecular flexibility index (Phi) is 3.55. The lowest BCUT2D eigenvalue weighted by atomic mass is 9.92. The molecule has 0 aliphatic carbocycles. The number of carbonyl (C=O) groups is 2. The van der Waals surface area contributed by atoms with Crippen LogP contribution < -0.4 is 5.32 Å². The molecular weight excluding hydrogens is 242 g/mol. The van der Waals surface area contributed by atoms with Gasteiger partial charge in [0.25, 0.3) is 0 Å². The summed E-state index contributed by atoms with van der Waals surface area (Å²) in [5.41, 5.74) is 1.08. The molecule has 0 spiro atoms. The van der Waals surface area contributed by atoms with Crippen LogP contribution in [0.2, 0.25) is 0 Å². The van der Waals surface area contributed by atoms with Gasteiger partial charge in [-0.15, -0.1) is 0 Å². The first-order valence-electron chi connectivity index (χ1n) is 6.47. The van der Waals surface area contributed by atoms with E-state index < -0.39 is 5.41 Å². The molecule has 19 heavy (non-hydrogen) atoms. The first kappa shape index (κ1) is 13.5. The minimum Gasteiger partial charge on any atom is -0.385 e. The maximum atomic E-state index is 12.1. The van der Waals surface area contributed by atoms with E-state index in [9.17, 15) is 9.59 Å². The molecule has 102 valence electrons. The maximum absolute atomic E-state index is 12.1. The Hall–Kier alpha value is -1.91. The summed E-state index contributed by atoms with van der Waals surface area (Å²) < 4.78 is 0. The van der Waals surface area contributed by atoms with Crippen LogP contribution in [-0.4, -0.2) is 28.2 Å². The SMILES string of the molecule is CCNc1ccnc(CN2C(=O)CC(C)(C)C2=O)c1. The Bertz CT molecular complexity index is 511. The van der Waals surface area contributed by atoms with Gasteiger partial charge in [0.2, 0.25) is 11.8 Å². The number of likely N-dealkylation sites (tertiary alicyclic amines) is 1. The monoisotopic (exact) mass is 261 g/mol. The van der Waals surface area contributed by atoms with Gasteiger partial charge in [0, 0.05) is 24.8 Å². The molecule has 1 aliphatic rings. The van der Waals surface area contributed by atoms with Crippen LogP contribution in [0.3, 0.4) is 0 Å². The Balaban J connectivity index is 2.15. The fourth-order valence-electron chi connectivity index (χ4n) is 2.23. The second-order valence-electron chi connectivity index (χ2n) is 5.41. The number of carbonyl (C=O) groups excluding carboxylic acids is 2. The van der Waals surface area contributed by atoms with Crippen molar-refractivity contribution < 1.29 is 9.59 Å². The summed E-state index contributed by atoms with van der Waals surface area (Å²) in [6.45, 7) is 6.68. The number of rotatable bonds is 4. The molecular formula is C14H19N3O2. The first-order valence-corrected chi connectivity index (χ1v) is 6.47. The predicted molar refractivity (Wildman–Crippen MR) is 72.4 cm³/mol. The molecule has 1 aromatic heterocycles. The average Bonchev–Trinajstić information content (AvgIpc) is 2.53. The zero-order valence-corrected chi connectivity index (χ0v) is 11.6. The van der Waals surface area contributed by atoms with Crippen molar-refractivity contribution in [1.29, 1.82) is 0 Å². The molecule has 1 aromatic rings. The Labute approximate surface area is 113 Å². The highest BCUT2D eigenvalue weighted by molar-refractivity contribution is 6.05. The standard InChI is InChI=1S/C14H19N3O2/c1-4-15-10-5-6-16-11(7-10)9-17-12(18)8-14(2,3)13(17)19/h5-7H,4,8-9H2,1-3H3,(H,15,16). The van der Waals surface area contributed by atoms with E-state index in [4.69, 9.17) is 0 Å². The zero-order chi connectivity index (χ0) is 14.0. The van der Waals surface area contributed by atoms with Crippen LogP contribution in [-0.2, 0) is 16.1 Å². The molecule has 5 heteroatoms. The van der Waals surface area contributed by atoms with Crippen molar-refractivity contribution in [2.24, 2.45) is 5.41 Å². The van der Waals surface area contributed by atoms with Crippen LogP contribution in [0.15, 0.2) is 18.3 Å². The topological polar surface area (TPSA) is 62.3 Å². The first-order chi connectivity index (χ1) is 8.94. The number of hydrogen-bond donors (Lipinski definition) is 1. The lowest BCUT2D eigenvalue weighted by molar-refractivity contribution is -0.141.